The van der Waals surface area contributed by atoms with Crippen molar-refractivity contribution in [1.82, 2.24) is 5.32 Å². The van der Waals surface area contributed by atoms with E-state index in [4.69, 9.17) is 11.6 Å². The highest BCUT2D eigenvalue weighted by molar-refractivity contribution is 6.31. The van der Waals surface area contributed by atoms with Crippen LogP contribution in [0.3, 0.4) is 0 Å². The Kier molecular flexibility index (Phi) is 5.04. The zero-order chi connectivity index (χ0) is 13.0. The second kappa shape index (κ2) is 6.55. The fraction of sp³-hybridized carbons (Fsp3) is 0.600. The fourth-order valence-corrected chi connectivity index (χ4v) is 3.02. The molecule has 100 valence electrons. The Morgan fingerprint density at radius 3 is 2.72 bits per heavy atom. The van der Waals surface area contributed by atoms with Crippen LogP contribution in [0.1, 0.15) is 50.6 Å². The molecule has 0 aliphatic heterocycles. The van der Waals surface area contributed by atoms with Crippen molar-refractivity contribution in [2.24, 2.45) is 0 Å². The molecule has 0 radical (unpaired) electrons. The van der Waals surface area contributed by atoms with E-state index in [1.54, 1.807) is 0 Å². The van der Waals surface area contributed by atoms with Crippen molar-refractivity contribution in [3.63, 3.8) is 0 Å². The van der Waals surface area contributed by atoms with Crippen molar-refractivity contribution in [2.75, 3.05) is 0 Å². The Morgan fingerprint density at radius 1 is 1.22 bits per heavy atom. The van der Waals surface area contributed by atoms with Crippen molar-refractivity contribution >= 4 is 11.6 Å². The number of rotatable bonds is 3. The summed E-state index contributed by atoms with van der Waals surface area (Å²) in [5.41, 5.74) is 1.11. The van der Waals surface area contributed by atoms with Gasteiger partial charge in [0, 0.05) is 17.1 Å². The van der Waals surface area contributed by atoms with Gasteiger partial charge in [-0.2, -0.15) is 0 Å². The molecule has 3 heteroatoms. The van der Waals surface area contributed by atoms with Gasteiger partial charge in [-0.05, 0) is 31.4 Å². The topological polar surface area (TPSA) is 32.3 Å². The minimum Gasteiger partial charge on any atom is -0.392 e. The molecule has 2 N–H and O–H groups in total. The van der Waals surface area contributed by atoms with E-state index < -0.39 is 0 Å². The molecule has 3 atom stereocenters. The molecule has 0 bridgehead atoms. The van der Waals surface area contributed by atoms with Crippen LogP contribution < -0.4 is 5.32 Å². The second-order valence-corrected chi connectivity index (χ2v) is 5.63. The van der Waals surface area contributed by atoms with Gasteiger partial charge in [-0.25, -0.2) is 0 Å². The van der Waals surface area contributed by atoms with Crippen LogP contribution in [0, 0.1) is 0 Å². The predicted octanol–water partition coefficient (Wildman–Crippen LogP) is 3.68. The van der Waals surface area contributed by atoms with E-state index in [2.05, 4.69) is 12.2 Å². The van der Waals surface area contributed by atoms with Crippen LogP contribution in [0.15, 0.2) is 24.3 Å². The number of nitrogens with one attached hydrogen (secondary N) is 1. The molecular weight excluding hydrogens is 246 g/mol. The van der Waals surface area contributed by atoms with E-state index in [1.165, 1.54) is 12.8 Å². The van der Waals surface area contributed by atoms with E-state index in [9.17, 15) is 5.11 Å². The van der Waals surface area contributed by atoms with Gasteiger partial charge in [0.05, 0.1) is 6.10 Å². The van der Waals surface area contributed by atoms with Crippen molar-refractivity contribution in [3.8, 4) is 0 Å². The summed E-state index contributed by atoms with van der Waals surface area (Å²) in [6.07, 6.45) is 5.31. The Hall–Kier alpha value is -0.570. The number of aliphatic hydroxyl groups excluding tert-OH is 1. The summed E-state index contributed by atoms with van der Waals surface area (Å²) in [6.45, 7) is 2.11. The molecule has 0 amide bonds. The summed E-state index contributed by atoms with van der Waals surface area (Å²) in [4.78, 5) is 0. The van der Waals surface area contributed by atoms with Gasteiger partial charge >= 0.3 is 0 Å². The lowest BCUT2D eigenvalue weighted by atomic mass is 10.0. The molecule has 1 saturated carbocycles. The molecule has 2 nitrogen and oxygen atoms in total. The smallest absolute Gasteiger partial charge is 0.0693 e. The molecule has 0 aromatic heterocycles. The lowest BCUT2D eigenvalue weighted by molar-refractivity contribution is 0.115. The SMILES string of the molecule is C[C@H](NC1CCCCCC1O)c1ccccc1Cl. The zero-order valence-corrected chi connectivity index (χ0v) is 11.7. The molecule has 1 aliphatic carbocycles. The first-order valence-electron chi connectivity index (χ1n) is 6.87. The largest absolute Gasteiger partial charge is 0.392 e. The average molecular weight is 268 g/mol. The monoisotopic (exact) mass is 267 g/mol. The Labute approximate surface area is 114 Å². The van der Waals surface area contributed by atoms with Crippen molar-refractivity contribution in [1.29, 1.82) is 0 Å². The highest BCUT2D eigenvalue weighted by Crippen LogP contribution is 2.25. The molecular formula is C15H22ClNO. The van der Waals surface area contributed by atoms with Gasteiger partial charge in [0.25, 0.3) is 0 Å². The fourth-order valence-electron chi connectivity index (χ4n) is 2.72. The van der Waals surface area contributed by atoms with Crippen LogP contribution in [0.5, 0.6) is 0 Å². The van der Waals surface area contributed by atoms with E-state index >= 15 is 0 Å². The maximum atomic E-state index is 10.1. The minimum absolute atomic E-state index is 0.177. The quantitative estimate of drug-likeness (QED) is 0.819. The maximum absolute atomic E-state index is 10.1. The predicted molar refractivity (Wildman–Crippen MR) is 75.9 cm³/mol. The lowest BCUT2D eigenvalue weighted by Gasteiger charge is -2.26. The summed E-state index contributed by atoms with van der Waals surface area (Å²) in [5.74, 6) is 0. The molecule has 1 aliphatic rings. The molecule has 1 fully saturated rings. The van der Waals surface area contributed by atoms with Crippen molar-refractivity contribution in [3.05, 3.63) is 34.9 Å². The van der Waals surface area contributed by atoms with Crippen LogP contribution in [0.4, 0.5) is 0 Å². The van der Waals surface area contributed by atoms with E-state index in [0.29, 0.717) is 0 Å². The standard InChI is InChI=1S/C15H22ClNO/c1-11(12-7-5-6-8-13(12)16)17-14-9-3-2-4-10-15(14)18/h5-8,11,14-15,17-18H,2-4,9-10H2,1H3/t11-,14?,15?/m0/s1. The zero-order valence-electron chi connectivity index (χ0n) is 10.9. The van der Waals surface area contributed by atoms with E-state index in [-0.39, 0.29) is 18.2 Å². The molecule has 0 saturated heterocycles. The maximum Gasteiger partial charge on any atom is 0.0693 e. The molecule has 0 heterocycles. The molecule has 1 aromatic carbocycles. The highest BCUT2D eigenvalue weighted by atomic mass is 35.5. The van der Waals surface area contributed by atoms with E-state index in [0.717, 1.165) is 29.8 Å². The highest BCUT2D eigenvalue weighted by Gasteiger charge is 2.23. The van der Waals surface area contributed by atoms with E-state index in [1.807, 2.05) is 24.3 Å². The molecule has 0 spiro atoms. The number of hydrogen-bond donors (Lipinski definition) is 2. The summed E-state index contributed by atoms with van der Waals surface area (Å²) in [5, 5.41) is 14.4. The number of hydrogen-bond acceptors (Lipinski definition) is 2. The van der Waals surface area contributed by atoms with Gasteiger partial charge < -0.3 is 10.4 Å². The first kappa shape index (κ1) is 13.9. The Morgan fingerprint density at radius 2 is 1.94 bits per heavy atom. The van der Waals surface area contributed by atoms with Gasteiger partial charge in [-0.1, -0.05) is 49.1 Å². The minimum atomic E-state index is -0.225. The number of benzene rings is 1. The van der Waals surface area contributed by atoms with Crippen LogP contribution in [-0.4, -0.2) is 17.3 Å². The summed E-state index contributed by atoms with van der Waals surface area (Å²) < 4.78 is 0. The van der Waals surface area contributed by atoms with Gasteiger partial charge in [-0.3, -0.25) is 0 Å². The average Bonchev–Trinajstić information content (AvgIpc) is 2.55. The molecule has 2 unspecified atom stereocenters. The second-order valence-electron chi connectivity index (χ2n) is 5.22. The van der Waals surface area contributed by atoms with Crippen molar-refractivity contribution in [2.45, 2.75) is 57.2 Å². The summed E-state index contributed by atoms with van der Waals surface area (Å²) in [7, 11) is 0. The van der Waals surface area contributed by atoms with Crippen LogP contribution in [0.2, 0.25) is 5.02 Å². The third-order valence-electron chi connectivity index (χ3n) is 3.82. The Balaban J connectivity index is 2.02. The van der Waals surface area contributed by atoms with Crippen molar-refractivity contribution < 1.29 is 5.11 Å². The first-order chi connectivity index (χ1) is 8.68. The first-order valence-corrected chi connectivity index (χ1v) is 7.25. The number of halogens is 1. The third-order valence-corrected chi connectivity index (χ3v) is 4.16. The normalized spacial score (nSPS) is 26.6. The van der Waals surface area contributed by atoms with Crippen LogP contribution >= 0.6 is 11.6 Å². The summed E-state index contributed by atoms with van der Waals surface area (Å²) in [6, 6.07) is 8.28. The Bertz CT molecular complexity index is 383. The van der Waals surface area contributed by atoms with Gasteiger partial charge in [0.2, 0.25) is 0 Å². The van der Waals surface area contributed by atoms with Crippen LogP contribution in [-0.2, 0) is 0 Å². The summed E-state index contributed by atoms with van der Waals surface area (Å²) >= 11 is 6.20. The van der Waals surface area contributed by atoms with Gasteiger partial charge in [0.1, 0.15) is 0 Å². The third kappa shape index (κ3) is 3.47. The van der Waals surface area contributed by atoms with Crippen LogP contribution in [0.25, 0.3) is 0 Å². The van der Waals surface area contributed by atoms with Gasteiger partial charge in [0.15, 0.2) is 0 Å². The molecule has 2 rings (SSSR count). The van der Waals surface area contributed by atoms with Gasteiger partial charge in [-0.15, -0.1) is 0 Å². The molecule has 1 aromatic rings. The number of aliphatic hydroxyl groups is 1. The molecule has 18 heavy (non-hydrogen) atoms. The lowest BCUT2D eigenvalue weighted by Crippen LogP contribution is -2.40.